The molecule has 0 aliphatic rings. The van der Waals surface area contributed by atoms with Crippen LogP contribution in [0.25, 0.3) is 0 Å². The number of amides is 4. The topological polar surface area (TPSA) is 157 Å². The van der Waals surface area contributed by atoms with Crippen molar-refractivity contribution in [3.63, 3.8) is 0 Å². The van der Waals surface area contributed by atoms with Gasteiger partial charge in [-0.15, -0.1) is 0 Å². The molecule has 0 spiro atoms. The predicted octanol–water partition coefficient (Wildman–Crippen LogP) is 3.71. The van der Waals surface area contributed by atoms with E-state index >= 15 is 0 Å². The van der Waals surface area contributed by atoms with Gasteiger partial charge in [0, 0.05) is 55.4 Å². The Morgan fingerprint density at radius 3 is 2.04 bits per heavy atom. The van der Waals surface area contributed by atoms with E-state index in [0.29, 0.717) is 13.0 Å². The van der Waals surface area contributed by atoms with Crippen LogP contribution < -0.4 is 25.6 Å². The summed E-state index contributed by atoms with van der Waals surface area (Å²) in [6.45, 7) is 8.12. The van der Waals surface area contributed by atoms with Crippen molar-refractivity contribution in [1.29, 1.82) is 0 Å². The van der Waals surface area contributed by atoms with Crippen LogP contribution in [0.2, 0.25) is 0 Å². The number of benzene rings is 3. The summed E-state index contributed by atoms with van der Waals surface area (Å²) in [4.78, 5) is 54.7. The summed E-state index contributed by atoms with van der Waals surface area (Å²) in [5.74, 6) is -1.68. The molecule has 3 aromatic rings. The van der Waals surface area contributed by atoms with Crippen LogP contribution in [0.3, 0.4) is 0 Å². The molecule has 4 N–H and O–H groups in total. The van der Waals surface area contributed by atoms with Crippen molar-refractivity contribution in [2.24, 2.45) is 5.92 Å². The highest BCUT2D eigenvalue weighted by Crippen LogP contribution is 2.23. The Hall–Kier alpha value is -4.27. The zero-order valence-electron chi connectivity index (χ0n) is 30.2. The zero-order valence-corrected chi connectivity index (χ0v) is 32.6. The van der Waals surface area contributed by atoms with Gasteiger partial charge in [-0.1, -0.05) is 72.2 Å². The van der Waals surface area contributed by atoms with Gasteiger partial charge in [-0.05, 0) is 67.6 Å². The summed E-state index contributed by atoms with van der Waals surface area (Å²) >= 11 is 3.41. The molecular weight excluding hydrogens is 736 g/mol. The van der Waals surface area contributed by atoms with Gasteiger partial charge in [-0.2, -0.15) is 0 Å². The first kappa shape index (κ1) is 41.2. The van der Waals surface area contributed by atoms with Gasteiger partial charge >= 0.3 is 0 Å². The first-order chi connectivity index (χ1) is 24.0. The summed E-state index contributed by atoms with van der Waals surface area (Å²) in [6.07, 6.45) is 1.45. The Morgan fingerprint density at radius 2 is 1.45 bits per heavy atom. The fourth-order valence-corrected chi connectivity index (χ4v) is 6.00. The predicted molar refractivity (Wildman–Crippen MR) is 204 cm³/mol. The van der Waals surface area contributed by atoms with Crippen LogP contribution in [0.1, 0.15) is 59.5 Å². The van der Waals surface area contributed by atoms with Crippen molar-refractivity contribution in [3.05, 3.63) is 99.5 Å². The number of anilines is 1. The van der Waals surface area contributed by atoms with Crippen molar-refractivity contribution in [2.45, 2.75) is 58.8 Å². The maximum Gasteiger partial charge on any atom is 0.253 e. The highest BCUT2D eigenvalue weighted by Gasteiger charge is 2.27. The molecule has 0 aliphatic carbocycles. The Balaban J connectivity index is 1.87. The van der Waals surface area contributed by atoms with Gasteiger partial charge in [0.05, 0.1) is 18.0 Å². The summed E-state index contributed by atoms with van der Waals surface area (Å²) in [5, 5.41) is 11.8. The van der Waals surface area contributed by atoms with E-state index in [2.05, 4.69) is 37.2 Å². The summed E-state index contributed by atoms with van der Waals surface area (Å²) in [6, 6.07) is 19.4. The maximum absolute atomic E-state index is 13.9. The molecule has 3 aromatic carbocycles. The molecule has 3 rings (SSSR count). The van der Waals surface area contributed by atoms with Gasteiger partial charge in [0.15, 0.2) is 0 Å². The normalized spacial score (nSPS) is 13.1. The van der Waals surface area contributed by atoms with Crippen LogP contribution in [0.15, 0.2) is 77.3 Å². The second kappa shape index (κ2) is 18.8. The van der Waals surface area contributed by atoms with Crippen LogP contribution in [-0.4, -0.2) is 88.5 Å². The molecule has 0 aromatic heterocycles. The molecule has 0 saturated heterocycles. The second-order valence-corrected chi connectivity index (χ2v) is 15.8. The Morgan fingerprint density at radius 1 is 0.824 bits per heavy atom. The first-order valence-electron chi connectivity index (χ1n) is 16.7. The van der Waals surface area contributed by atoms with Crippen LogP contribution in [0.4, 0.5) is 5.69 Å². The smallest absolute Gasteiger partial charge is 0.253 e. The molecule has 0 aliphatic heterocycles. The average molecular weight is 786 g/mol. The van der Waals surface area contributed by atoms with Crippen molar-refractivity contribution >= 4 is 55.3 Å². The number of hydrogen-bond donors (Lipinski definition) is 4. The minimum atomic E-state index is -3.73. The van der Waals surface area contributed by atoms with E-state index in [1.807, 2.05) is 75.4 Å². The number of sulfonamides is 1. The number of hydrogen-bond acceptors (Lipinski definition) is 7. The highest BCUT2D eigenvalue weighted by molar-refractivity contribution is 9.10. The van der Waals surface area contributed by atoms with E-state index in [9.17, 15) is 27.6 Å². The molecule has 4 amide bonds. The number of nitrogens with one attached hydrogen (secondary N) is 4. The zero-order chi connectivity index (χ0) is 37.9. The molecule has 12 nitrogen and oxygen atoms in total. The van der Waals surface area contributed by atoms with Gasteiger partial charge in [0.25, 0.3) is 11.8 Å². The van der Waals surface area contributed by atoms with Crippen molar-refractivity contribution in [1.82, 2.24) is 26.2 Å². The van der Waals surface area contributed by atoms with Crippen molar-refractivity contribution < 1.29 is 27.6 Å². The Kier molecular flexibility index (Phi) is 15.2. The number of carbonyl (C=O) groups is 4. The van der Waals surface area contributed by atoms with E-state index in [1.54, 1.807) is 14.0 Å². The minimum absolute atomic E-state index is 0.0916. The quantitative estimate of drug-likeness (QED) is 0.163. The fraction of sp³-hybridized carbons (Fsp3) is 0.405. The van der Waals surface area contributed by atoms with Crippen LogP contribution in [0.5, 0.6) is 0 Å². The van der Waals surface area contributed by atoms with Gasteiger partial charge < -0.3 is 26.2 Å². The lowest BCUT2D eigenvalue weighted by Gasteiger charge is -2.26. The third-order valence-corrected chi connectivity index (χ3v) is 10.0. The molecular formula is C37H49BrN6O6S. The van der Waals surface area contributed by atoms with E-state index in [4.69, 9.17) is 0 Å². The largest absolute Gasteiger partial charge is 0.355 e. The minimum Gasteiger partial charge on any atom is -0.355 e. The molecule has 0 radical (unpaired) electrons. The van der Waals surface area contributed by atoms with E-state index in [1.165, 1.54) is 30.1 Å². The number of likely N-dealkylation sites (N-methyl/N-ethyl adjacent to an activating group) is 1. The Bertz CT molecular complexity index is 1770. The molecule has 0 saturated carbocycles. The first-order valence-corrected chi connectivity index (χ1v) is 19.4. The number of halogens is 1. The lowest BCUT2D eigenvalue weighted by Crippen LogP contribution is -2.55. The lowest BCUT2D eigenvalue weighted by molar-refractivity contribution is -0.130. The SMILES string of the molecule is CCNC(=O)[C@@H](NC(=O)[C@H](C)NC[C@H](Cc1ccccc1)NC(=O)c1cc(C(=O)N(C)Cc2ccc(Br)cc2)cc(N(C)S(C)(=O)=O)c1)C(C)C. The van der Waals surface area contributed by atoms with Crippen LogP contribution in [-0.2, 0) is 32.6 Å². The van der Waals surface area contributed by atoms with E-state index < -0.39 is 40.0 Å². The highest BCUT2D eigenvalue weighted by atomic mass is 79.9. The maximum atomic E-state index is 13.9. The van der Waals surface area contributed by atoms with E-state index in [0.717, 1.165) is 26.2 Å². The summed E-state index contributed by atoms with van der Waals surface area (Å²) in [7, 11) is -0.735. The van der Waals surface area contributed by atoms with Gasteiger partial charge in [0.2, 0.25) is 21.8 Å². The molecule has 0 bridgehead atoms. The Labute approximate surface area is 309 Å². The number of nitrogens with zero attached hydrogens (tertiary/aromatic N) is 2. The standard InChI is InChI=1S/C37H49BrN6O6S/c1-8-39-36(47)33(24(2)3)42-34(45)25(4)40-22-31(18-26-12-10-9-11-13-26)41-35(46)28-19-29(21-32(20-28)44(6)51(7,49)50)37(48)43(5)23-27-14-16-30(38)17-15-27/h9-17,19-21,24-25,31,33,40H,8,18,22-23H2,1-7H3,(H,39,47)(H,41,46)(H,42,45)/t25-,31-,33-/m0/s1. The monoisotopic (exact) mass is 784 g/mol. The fourth-order valence-electron chi connectivity index (χ4n) is 5.25. The van der Waals surface area contributed by atoms with Crippen molar-refractivity contribution in [2.75, 3.05) is 37.7 Å². The second-order valence-electron chi connectivity index (χ2n) is 12.9. The van der Waals surface area contributed by atoms with Crippen LogP contribution >= 0.6 is 15.9 Å². The van der Waals surface area contributed by atoms with Gasteiger partial charge in [0.1, 0.15) is 6.04 Å². The van der Waals surface area contributed by atoms with Crippen LogP contribution in [0, 0.1) is 5.92 Å². The molecule has 0 unspecified atom stereocenters. The molecule has 276 valence electrons. The number of rotatable bonds is 17. The summed E-state index contributed by atoms with van der Waals surface area (Å²) in [5.41, 5.74) is 2.21. The lowest BCUT2D eigenvalue weighted by atomic mass is 10.0. The average Bonchev–Trinajstić information content (AvgIpc) is 3.09. The van der Waals surface area contributed by atoms with Crippen molar-refractivity contribution in [3.8, 4) is 0 Å². The third-order valence-electron chi connectivity index (χ3n) is 8.29. The number of carbonyl (C=O) groups excluding carboxylic acids is 4. The third kappa shape index (κ3) is 12.5. The van der Waals surface area contributed by atoms with Gasteiger partial charge in [-0.3, -0.25) is 23.5 Å². The molecule has 0 heterocycles. The van der Waals surface area contributed by atoms with Gasteiger partial charge in [-0.25, -0.2) is 8.42 Å². The van der Waals surface area contributed by atoms with E-state index in [-0.39, 0.29) is 47.6 Å². The summed E-state index contributed by atoms with van der Waals surface area (Å²) < 4.78 is 27.0. The molecule has 51 heavy (non-hydrogen) atoms. The molecule has 3 atom stereocenters. The molecule has 14 heteroatoms. The molecule has 0 fully saturated rings.